The van der Waals surface area contributed by atoms with Crippen LogP contribution in [0.15, 0.2) is 54.7 Å². The number of imidazole rings is 1. The normalized spacial score (nSPS) is 18.9. The van der Waals surface area contributed by atoms with E-state index in [0.717, 1.165) is 55.0 Å². The van der Waals surface area contributed by atoms with E-state index in [1.807, 2.05) is 0 Å². The molecular weight excluding hydrogens is 553 g/mol. The lowest BCUT2D eigenvalue weighted by molar-refractivity contribution is -0.0591. The van der Waals surface area contributed by atoms with Crippen LogP contribution in [0.4, 0.5) is 13.2 Å². The number of halogens is 3. The second-order valence-electron chi connectivity index (χ2n) is 10.5. The number of rotatable bonds is 11. The van der Waals surface area contributed by atoms with Crippen molar-refractivity contribution in [2.24, 2.45) is 0 Å². The molecule has 9 nitrogen and oxygen atoms in total. The summed E-state index contributed by atoms with van der Waals surface area (Å²) >= 11 is 0. The summed E-state index contributed by atoms with van der Waals surface area (Å²) in [6.07, 6.45) is 0.578. The van der Waals surface area contributed by atoms with Gasteiger partial charge in [0.25, 0.3) is 6.43 Å². The van der Waals surface area contributed by atoms with Crippen molar-refractivity contribution in [1.82, 2.24) is 19.4 Å². The van der Waals surface area contributed by atoms with Crippen LogP contribution in [0.25, 0.3) is 11.0 Å². The Morgan fingerprint density at radius 2 is 2.00 bits per heavy atom. The zero-order valence-corrected chi connectivity index (χ0v) is 22.6. The number of benzene rings is 2. The van der Waals surface area contributed by atoms with Gasteiger partial charge in [0.15, 0.2) is 11.6 Å². The highest BCUT2D eigenvalue weighted by atomic mass is 19.3. The molecule has 0 bridgehead atoms. The number of fused-ring (bicyclic) bond motifs is 1. The molecule has 12 heteroatoms. The van der Waals surface area contributed by atoms with Gasteiger partial charge in [-0.3, -0.25) is 9.88 Å². The van der Waals surface area contributed by atoms with E-state index in [-0.39, 0.29) is 30.1 Å². The standard InChI is InChI=1S/C30H29F3N4O5/c31-24-11-18(29(32)33)2-4-27(24)41-17-20-13-21(5-8-34-20)42-23-6-9-36(14-23)16-28-35-25-3-1-19(30(38)39)12-26(25)37(28)15-22-7-10-40-22/h1-5,8,11-13,22-23,29H,6-7,9-10,14-17H2,(H,38,39)/t22-,23-/m0/s1. The van der Waals surface area contributed by atoms with Gasteiger partial charge in [0.05, 0.1) is 41.5 Å². The fourth-order valence-electron chi connectivity index (χ4n) is 5.22. The Bertz CT molecular complexity index is 1590. The van der Waals surface area contributed by atoms with Gasteiger partial charge in [-0.2, -0.15) is 0 Å². The molecule has 1 N–H and O–H groups in total. The molecule has 6 rings (SSSR count). The molecular formula is C30H29F3N4O5. The zero-order chi connectivity index (χ0) is 29.2. The second-order valence-corrected chi connectivity index (χ2v) is 10.5. The van der Waals surface area contributed by atoms with Crippen LogP contribution in [-0.2, 0) is 24.4 Å². The topological polar surface area (TPSA) is 98.9 Å². The lowest BCUT2D eigenvalue weighted by atomic mass is 10.1. The van der Waals surface area contributed by atoms with Crippen LogP contribution in [0.2, 0.25) is 0 Å². The summed E-state index contributed by atoms with van der Waals surface area (Å²) < 4.78 is 59.1. The third-order valence-electron chi connectivity index (χ3n) is 7.52. The Morgan fingerprint density at radius 3 is 2.74 bits per heavy atom. The molecule has 0 aliphatic carbocycles. The van der Waals surface area contributed by atoms with Gasteiger partial charge in [-0.1, -0.05) is 0 Å². The summed E-state index contributed by atoms with van der Waals surface area (Å²) in [6, 6.07) is 11.5. The molecule has 2 aliphatic heterocycles. The van der Waals surface area contributed by atoms with Gasteiger partial charge in [-0.05, 0) is 55.3 Å². The monoisotopic (exact) mass is 582 g/mol. The molecule has 2 atom stereocenters. The highest BCUT2D eigenvalue weighted by molar-refractivity contribution is 5.92. The van der Waals surface area contributed by atoms with Gasteiger partial charge in [-0.25, -0.2) is 22.9 Å². The smallest absolute Gasteiger partial charge is 0.335 e. The average molecular weight is 583 g/mol. The number of aromatic nitrogens is 3. The third-order valence-corrected chi connectivity index (χ3v) is 7.52. The summed E-state index contributed by atoms with van der Waals surface area (Å²) in [5, 5.41) is 9.47. The van der Waals surface area contributed by atoms with Crippen molar-refractivity contribution in [3.05, 3.63) is 83.2 Å². The first kappa shape index (κ1) is 28.0. The molecule has 0 spiro atoms. The van der Waals surface area contributed by atoms with Crippen LogP contribution in [0, 0.1) is 5.82 Å². The maximum absolute atomic E-state index is 14.1. The first-order valence-electron chi connectivity index (χ1n) is 13.7. The number of carbonyl (C=O) groups is 1. The minimum atomic E-state index is -2.76. The molecule has 2 aromatic heterocycles. The van der Waals surface area contributed by atoms with Gasteiger partial charge in [0, 0.05) is 37.5 Å². The van der Waals surface area contributed by atoms with E-state index >= 15 is 0 Å². The molecule has 2 aromatic carbocycles. The first-order chi connectivity index (χ1) is 20.3. The quantitative estimate of drug-likeness (QED) is 0.257. The van der Waals surface area contributed by atoms with E-state index in [4.69, 9.17) is 19.2 Å². The SMILES string of the molecule is O=C(O)c1ccc2nc(CN3CC[C@H](Oc4ccnc(COc5ccc(C(F)F)cc5F)c4)C3)n(C[C@@H]3CCO3)c2c1. The number of alkyl halides is 2. The Kier molecular flexibility index (Phi) is 7.98. The predicted octanol–water partition coefficient (Wildman–Crippen LogP) is 5.23. The van der Waals surface area contributed by atoms with Crippen molar-refractivity contribution in [2.75, 3.05) is 19.7 Å². The van der Waals surface area contributed by atoms with Crippen LogP contribution in [-0.4, -0.2) is 62.4 Å². The van der Waals surface area contributed by atoms with Crippen LogP contribution in [0.3, 0.4) is 0 Å². The first-order valence-corrected chi connectivity index (χ1v) is 13.7. The number of nitrogens with zero attached hydrogens (tertiary/aromatic N) is 4. The Morgan fingerprint density at radius 1 is 1.14 bits per heavy atom. The number of likely N-dealkylation sites (tertiary alicyclic amines) is 1. The summed E-state index contributed by atoms with van der Waals surface area (Å²) in [6.45, 7) is 3.33. The number of carboxylic acids is 1. The van der Waals surface area contributed by atoms with Crippen molar-refractivity contribution >= 4 is 17.0 Å². The minimum absolute atomic E-state index is 0.0521. The van der Waals surface area contributed by atoms with E-state index in [2.05, 4.69) is 14.5 Å². The summed E-state index contributed by atoms with van der Waals surface area (Å²) in [7, 11) is 0. The third kappa shape index (κ3) is 6.19. The van der Waals surface area contributed by atoms with E-state index in [9.17, 15) is 23.1 Å². The number of hydrogen-bond acceptors (Lipinski definition) is 7. The molecule has 0 saturated carbocycles. The van der Waals surface area contributed by atoms with Crippen molar-refractivity contribution in [3.63, 3.8) is 0 Å². The number of ether oxygens (including phenoxy) is 3. The van der Waals surface area contributed by atoms with E-state index in [1.165, 1.54) is 6.07 Å². The molecule has 0 unspecified atom stereocenters. The van der Waals surface area contributed by atoms with Crippen molar-refractivity contribution in [2.45, 2.75) is 51.2 Å². The molecule has 4 aromatic rings. The van der Waals surface area contributed by atoms with Crippen LogP contribution in [0.5, 0.6) is 11.5 Å². The van der Waals surface area contributed by atoms with Crippen molar-refractivity contribution < 1.29 is 37.3 Å². The molecule has 4 heterocycles. The highest BCUT2D eigenvalue weighted by Gasteiger charge is 2.28. The molecule has 220 valence electrons. The zero-order valence-electron chi connectivity index (χ0n) is 22.6. The second kappa shape index (κ2) is 12.0. The van der Waals surface area contributed by atoms with Crippen molar-refractivity contribution in [1.29, 1.82) is 0 Å². The van der Waals surface area contributed by atoms with E-state index in [1.54, 1.807) is 36.5 Å². The molecule has 42 heavy (non-hydrogen) atoms. The summed E-state index contributed by atoms with van der Waals surface area (Å²) in [5.74, 6) is -0.525. The highest BCUT2D eigenvalue weighted by Crippen LogP contribution is 2.27. The Hall–Kier alpha value is -4.16. The molecule has 2 fully saturated rings. The van der Waals surface area contributed by atoms with Gasteiger partial charge < -0.3 is 23.9 Å². The van der Waals surface area contributed by atoms with Gasteiger partial charge in [-0.15, -0.1) is 0 Å². The van der Waals surface area contributed by atoms with E-state index < -0.39 is 23.8 Å². The molecule has 2 saturated heterocycles. The lowest BCUT2D eigenvalue weighted by Gasteiger charge is -2.28. The van der Waals surface area contributed by atoms with Gasteiger partial charge in [0.2, 0.25) is 0 Å². The Balaban J connectivity index is 1.09. The maximum Gasteiger partial charge on any atom is 0.335 e. The molecule has 2 aliphatic rings. The summed E-state index contributed by atoms with van der Waals surface area (Å²) in [5.41, 5.74) is 1.85. The molecule has 0 amide bonds. The molecule has 0 radical (unpaired) electrons. The average Bonchev–Trinajstić information content (AvgIpc) is 3.53. The van der Waals surface area contributed by atoms with Crippen LogP contribution < -0.4 is 9.47 Å². The van der Waals surface area contributed by atoms with Crippen LogP contribution in [0.1, 0.15) is 46.7 Å². The van der Waals surface area contributed by atoms with Gasteiger partial charge >= 0.3 is 5.97 Å². The number of hydrogen-bond donors (Lipinski definition) is 1. The minimum Gasteiger partial charge on any atom is -0.489 e. The Labute approximate surface area is 239 Å². The fraction of sp³-hybridized carbons (Fsp3) is 0.367. The lowest BCUT2D eigenvalue weighted by Crippen LogP contribution is -2.33. The van der Waals surface area contributed by atoms with Crippen molar-refractivity contribution in [3.8, 4) is 11.5 Å². The number of pyridine rings is 1. The largest absolute Gasteiger partial charge is 0.489 e. The van der Waals surface area contributed by atoms with E-state index in [0.29, 0.717) is 31.1 Å². The summed E-state index contributed by atoms with van der Waals surface area (Å²) in [4.78, 5) is 22.9. The predicted molar refractivity (Wildman–Crippen MR) is 145 cm³/mol. The van der Waals surface area contributed by atoms with Gasteiger partial charge in [0.1, 0.15) is 24.3 Å². The number of aromatic carboxylic acids is 1. The fourth-order valence-corrected chi connectivity index (χ4v) is 5.22. The maximum atomic E-state index is 14.1. The number of carboxylic acid groups (broad SMARTS) is 1. The van der Waals surface area contributed by atoms with Crippen LogP contribution >= 0.6 is 0 Å².